The Hall–Kier alpha value is -0.980. The number of aliphatic hydroxyl groups is 12. The average Bonchev–Trinajstić information content (AvgIpc) is 3.63. The molecule has 3 saturated heterocycles. The van der Waals surface area contributed by atoms with Crippen LogP contribution in [0.2, 0.25) is 0 Å². The summed E-state index contributed by atoms with van der Waals surface area (Å²) in [6, 6.07) is 0. The molecule has 7 aliphatic rings. The van der Waals surface area contributed by atoms with Crippen LogP contribution in [0, 0.1) is 45.3 Å². The molecule has 18 nitrogen and oxygen atoms in total. The van der Waals surface area contributed by atoms with Crippen LogP contribution < -0.4 is 0 Å². The van der Waals surface area contributed by atoms with Crippen LogP contribution in [0.3, 0.4) is 0 Å². The van der Waals surface area contributed by atoms with Crippen LogP contribution in [0.1, 0.15) is 107 Å². The Bertz CT molecular complexity index is 1660. The highest BCUT2D eigenvalue weighted by atomic mass is 16.7. The number of hydrogen-bond acceptors (Lipinski definition) is 18. The lowest BCUT2D eigenvalue weighted by Gasteiger charge is -2.72. The zero-order valence-electron chi connectivity index (χ0n) is 39.3. The summed E-state index contributed by atoms with van der Waals surface area (Å²) in [7, 11) is 0. The van der Waals surface area contributed by atoms with Crippen molar-refractivity contribution in [2.45, 2.75) is 217 Å². The summed E-state index contributed by atoms with van der Waals surface area (Å²) < 4.78 is 37.0. The van der Waals surface area contributed by atoms with Crippen molar-refractivity contribution in [1.29, 1.82) is 0 Å². The third-order valence-corrected chi connectivity index (χ3v) is 18.3. The SMILES string of the molecule is CC(C)=CCC[C@](C)(O[C@@H]1O[C@H](CO[C@@H]2OC[C@@H](O)[C@H](O)[C@H]2O)[C@@H](O)[C@H](O)[C@H]1O)[C@H]1CC[C@]2(C)[C@@H]1[C@H](O)C[C@@H]1[C@@]3(C)CC[C@H](O)C(C)(C)[C@@H]3[C@@H](O[C@@H]3O[C@H](CO)[C@@H](O)[C@H](O)[C@H]3O)C[C@]12C. The summed E-state index contributed by atoms with van der Waals surface area (Å²) in [6.45, 7) is 15.3. The van der Waals surface area contributed by atoms with Crippen molar-refractivity contribution < 1.29 is 89.7 Å². The van der Waals surface area contributed by atoms with E-state index in [2.05, 4.69) is 26.8 Å². The van der Waals surface area contributed by atoms with E-state index in [0.717, 1.165) is 5.57 Å². The van der Waals surface area contributed by atoms with Crippen molar-refractivity contribution in [3.8, 4) is 0 Å². The van der Waals surface area contributed by atoms with E-state index >= 15 is 0 Å². The molecular formula is C47H80O18. The lowest BCUT2D eigenvalue weighted by atomic mass is 9.34. The van der Waals surface area contributed by atoms with Gasteiger partial charge in [0.05, 0.1) is 43.7 Å². The summed E-state index contributed by atoms with van der Waals surface area (Å²) in [5.74, 6) is -1.03. The van der Waals surface area contributed by atoms with Crippen LogP contribution in [-0.4, -0.2) is 191 Å². The van der Waals surface area contributed by atoms with Crippen molar-refractivity contribution in [2.75, 3.05) is 19.8 Å². The second-order valence-electron chi connectivity index (χ2n) is 22.6. The van der Waals surface area contributed by atoms with Gasteiger partial charge in [-0.1, -0.05) is 46.3 Å². The maximum Gasteiger partial charge on any atom is 0.187 e. The summed E-state index contributed by atoms with van der Waals surface area (Å²) >= 11 is 0. The summed E-state index contributed by atoms with van der Waals surface area (Å²) in [4.78, 5) is 0. The van der Waals surface area contributed by atoms with Gasteiger partial charge in [0.25, 0.3) is 0 Å². The molecule has 4 aliphatic carbocycles. The Kier molecular flexibility index (Phi) is 15.1. The molecule has 0 amide bonds. The van der Waals surface area contributed by atoms with Crippen LogP contribution in [0.25, 0.3) is 0 Å². The van der Waals surface area contributed by atoms with Crippen LogP contribution in [-0.2, 0) is 28.4 Å². The molecule has 3 heterocycles. The summed E-state index contributed by atoms with van der Waals surface area (Å²) in [6.07, 6.45) is -16.7. The smallest absolute Gasteiger partial charge is 0.187 e. The third kappa shape index (κ3) is 8.83. The van der Waals surface area contributed by atoms with Gasteiger partial charge in [-0.2, -0.15) is 0 Å². The quantitative estimate of drug-likeness (QED) is 0.0874. The van der Waals surface area contributed by atoms with Gasteiger partial charge >= 0.3 is 0 Å². The summed E-state index contributed by atoms with van der Waals surface area (Å²) in [5.41, 5.74) is -2.28. The first-order valence-electron chi connectivity index (χ1n) is 23.9. The number of ether oxygens (including phenoxy) is 6. The number of fused-ring (bicyclic) bond motifs is 5. The molecule has 3 aliphatic heterocycles. The Morgan fingerprint density at radius 1 is 0.708 bits per heavy atom. The number of rotatable bonds is 12. The Morgan fingerprint density at radius 2 is 1.32 bits per heavy atom. The first kappa shape index (κ1) is 51.9. The summed E-state index contributed by atoms with van der Waals surface area (Å²) in [5, 5.41) is 131. The molecule has 18 heteroatoms. The van der Waals surface area contributed by atoms with Crippen molar-refractivity contribution in [3.05, 3.63) is 11.6 Å². The highest BCUT2D eigenvalue weighted by Gasteiger charge is 2.74. The minimum absolute atomic E-state index is 0.0498. The molecule has 0 bridgehead atoms. The van der Waals surface area contributed by atoms with Gasteiger partial charge in [0, 0.05) is 0 Å². The van der Waals surface area contributed by atoms with Crippen molar-refractivity contribution in [1.82, 2.24) is 0 Å². The van der Waals surface area contributed by atoms with Gasteiger partial charge in [0.1, 0.15) is 67.1 Å². The molecule has 0 aromatic heterocycles. The van der Waals surface area contributed by atoms with Crippen LogP contribution in [0.15, 0.2) is 11.6 Å². The molecule has 65 heavy (non-hydrogen) atoms. The second kappa shape index (κ2) is 19.0. The normalized spacial score (nSPS) is 53.0. The topological polar surface area (TPSA) is 298 Å². The Balaban J connectivity index is 1.20. The van der Waals surface area contributed by atoms with Crippen molar-refractivity contribution in [3.63, 3.8) is 0 Å². The predicted molar refractivity (Wildman–Crippen MR) is 229 cm³/mol. The third-order valence-electron chi connectivity index (χ3n) is 18.3. The molecule has 4 saturated carbocycles. The van der Waals surface area contributed by atoms with E-state index in [0.29, 0.717) is 51.4 Å². The highest BCUT2D eigenvalue weighted by Crippen LogP contribution is 2.76. The van der Waals surface area contributed by atoms with Gasteiger partial charge in [-0.15, -0.1) is 0 Å². The van der Waals surface area contributed by atoms with E-state index in [-0.39, 0.29) is 30.3 Å². The largest absolute Gasteiger partial charge is 0.394 e. The van der Waals surface area contributed by atoms with E-state index in [4.69, 9.17) is 28.4 Å². The molecule has 0 spiro atoms. The second-order valence-corrected chi connectivity index (χ2v) is 22.6. The lowest BCUT2D eigenvalue weighted by molar-refractivity contribution is -0.352. The fourth-order valence-corrected chi connectivity index (χ4v) is 14.6. The molecule has 0 aromatic carbocycles. The maximum atomic E-state index is 12.7. The first-order valence-corrected chi connectivity index (χ1v) is 23.9. The molecule has 0 radical (unpaired) electrons. The molecule has 0 unspecified atom stereocenters. The van der Waals surface area contributed by atoms with Crippen molar-refractivity contribution >= 4 is 0 Å². The molecule has 0 aromatic rings. The molecule has 7 rings (SSSR count). The van der Waals surface area contributed by atoms with Gasteiger partial charge < -0.3 is 89.7 Å². The fourth-order valence-electron chi connectivity index (χ4n) is 14.6. The van der Waals surface area contributed by atoms with Gasteiger partial charge in [0.2, 0.25) is 0 Å². The zero-order valence-corrected chi connectivity index (χ0v) is 39.3. The van der Waals surface area contributed by atoms with E-state index < -0.39 is 145 Å². The van der Waals surface area contributed by atoms with E-state index in [1.54, 1.807) is 0 Å². The zero-order chi connectivity index (χ0) is 47.9. The molecular weight excluding hydrogens is 852 g/mol. The first-order chi connectivity index (χ1) is 30.3. The van der Waals surface area contributed by atoms with Crippen molar-refractivity contribution in [2.24, 2.45) is 45.3 Å². The predicted octanol–water partition coefficient (Wildman–Crippen LogP) is -0.417. The van der Waals surface area contributed by atoms with Crippen LogP contribution >= 0.6 is 0 Å². The van der Waals surface area contributed by atoms with Crippen LogP contribution in [0.5, 0.6) is 0 Å². The van der Waals surface area contributed by atoms with Gasteiger partial charge in [-0.3, -0.25) is 0 Å². The van der Waals surface area contributed by atoms with Crippen LogP contribution in [0.4, 0.5) is 0 Å². The maximum absolute atomic E-state index is 12.7. The monoisotopic (exact) mass is 933 g/mol. The number of hydrogen-bond donors (Lipinski definition) is 12. The Morgan fingerprint density at radius 3 is 1.97 bits per heavy atom. The van der Waals surface area contributed by atoms with Gasteiger partial charge in [0.15, 0.2) is 18.9 Å². The molecule has 25 atom stereocenters. The highest BCUT2D eigenvalue weighted by molar-refractivity contribution is 5.22. The molecule has 7 fully saturated rings. The number of allylic oxidation sites excluding steroid dienone is 2. The minimum atomic E-state index is -1.72. The average molecular weight is 933 g/mol. The number of aliphatic hydroxyl groups excluding tert-OH is 12. The van der Waals surface area contributed by atoms with E-state index in [1.165, 1.54) is 0 Å². The minimum Gasteiger partial charge on any atom is -0.394 e. The van der Waals surface area contributed by atoms with Gasteiger partial charge in [-0.05, 0) is 117 Å². The van der Waals surface area contributed by atoms with Gasteiger partial charge in [-0.25, -0.2) is 0 Å². The molecule has 376 valence electrons. The lowest BCUT2D eigenvalue weighted by Crippen LogP contribution is -2.71. The van der Waals surface area contributed by atoms with E-state index in [1.807, 2.05) is 34.6 Å². The standard InChI is InChI=1S/C47H80O18/c1-21(2)10-9-13-47(8,65-42-38(59)35(56)33(54)27(64-42)20-61-40-36(57)31(52)24(50)19-60-40)22-11-15-45(6)30(22)23(49)16-28-44(5)14-12-29(51)43(3,4)39(44)25(17-46(28,45)7)62-41-37(58)34(55)32(53)26(18-48)63-41/h10,22-42,48-59H,9,11-20H2,1-8H3/t22-,23+,24+,25-,26+,27+,28+,29-,30-,31-,32+,33+,34-,35-,36+,37+,38+,39-,40-,41+,42-,44+,45+,46+,47-/m0/s1. The van der Waals surface area contributed by atoms with E-state index in [9.17, 15) is 61.3 Å². The molecule has 12 N–H and O–H groups in total. The fraction of sp³-hybridized carbons (Fsp3) is 0.957. The Labute approximate surface area is 382 Å².